The van der Waals surface area contributed by atoms with Gasteiger partial charge in [0.15, 0.2) is 0 Å². The summed E-state index contributed by atoms with van der Waals surface area (Å²) in [5.41, 5.74) is 2.29. The Balaban J connectivity index is 1.41. The average molecular weight is 596 g/mol. The second-order valence-electron chi connectivity index (χ2n) is 9.26. The van der Waals surface area contributed by atoms with Crippen LogP contribution in [0.25, 0.3) is 6.08 Å². The maximum absolute atomic E-state index is 13.3. The number of rotatable bonds is 11. The Morgan fingerprint density at radius 1 is 0.767 bits per heavy atom. The summed E-state index contributed by atoms with van der Waals surface area (Å²) in [6.45, 7) is 1.76. The first kappa shape index (κ1) is 30.6. The van der Waals surface area contributed by atoms with Gasteiger partial charge in [0.1, 0.15) is 11.4 Å². The standard InChI is InChI=1S/C33H29N3O6S/c1-21(30(37)34-25-12-10-24(11-13-25)33(40)41)43-28-18-14-26(15-19-28)35-32(39)29(20-22-8-16-27(42-2)17-9-22)36-31(38)23-6-4-3-5-7-23/h3-21H,1-2H3,(H,34,37)(H,35,39)(H,36,38)(H,40,41)/b29-20-. The molecule has 0 fully saturated rings. The Hall–Kier alpha value is -5.35. The van der Waals surface area contributed by atoms with E-state index in [0.717, 1.165) is 4.90 Å². The van der Waals surface area contributed by atoms with Gasteiger partial charge in [-0.05, 0) is 91.4 Å². The molecular weight excluding hydrogens is 566 g/mol. The van der Waals surface area contributed by atoms with Crippen molar-refractivity contribution in [3.05, 3.63) is 126 Å². The second kappa shape index (κ2) is 14.5. The molecule has 0 saturated carbocycles. The molecule has 0 spiro atoms. The van der Waals surface area contributed by atoms with E-state index in [1.165, 1.54) is 36.0 Å². The first-order chi connectivity index (χ1) is 20.7. The van der Waals surface area contributed by atoms with Crippen LogP contribution in [-0.4, -0.2) is 41.2 Å². The Morgan fingerprint density at radius 2 is 1.37 bits per heavy atom. The van der Waals surface area contributed by atoms with Crippen LogP contribution in [0.3, 0.4) is 0 Å². The number of nitrogens with one attached hydrogen (secondary N) is 3. The number of hydrogen-bond acceptors (Lipinski definition) is 6. The lowest BCUT2D eigenvalue weighted by atomic mass is 10.1. The summed E-state index contributed by atoms with van der Waals surface area (Å²) in [5, 5.41) is 16.9. The van der Waals surface area contributed by atoms with Gasteiger partial charge >= 0.3 is 5.97 Å². The van der Waals surface area contributed by atoms with Crippen LogP contribution in [0.1, 0.15) is 33.2 Å². The number of hydrogen-bond donors (Lipinski definition) is 4. The quantitative estimate of drug-likeness (QED) is 0.125. The van der Waals surface area contributed by atoms with Crippen molar-refractivity contribution in [3.8, 4) is 5.75 Å². The minimum atomic E-state index is -1.04. The third kappa shape index (κ3) is 8.82. The minimum Gasteiger partial charge on any atom is -0.497 e. The molecule has 10 heteroatoms. The largest absolute Gasteiger partial charge is 0.497 e. The lowest BCUT2D eigenvalue weighted by Crippen LogP contribution is -2.30. The van der Waals surface area contributed by atoms with E-state index >= 15 is 0 Å². The van der Waals surface area contributed by atoms with E-state index in [0.29, 0.717) is 28.3 Å². The molecule has 3 amide bonds. The third-order valence-electron chi connectivity index (χ3n) is 6.15. The molecule has 218 valence electrons. The third-order valence-corrected chi connectivity index (χ3v) is 7.26. The van der Waals surface area contributed by atoms with Crippen molar-refractivity contribution in [3.63, 3.8) is 0 Å². The minimum absolute atomic E-state index is 0.0548. The summed E-state index contributed by atoms with van der Waals surface area (Å²) in [6, 6.07) is 28.6. The molecule has 0 aromatic heterocycles. The van der Waals surface area contributed by atoms with Crippen molar-refractivity contribution < 1.29 is 29.0 Å². The van der Waals surface area contributed by atoms with Crippen LogP contribution >= 0.6 is 11.8 Å². The lowest BCUT2D eigenvalue weighted by Gasteiger charge is -2.14. The number of aromatic carboxylic acids is 1. The highest BCUT2D eigenvalue weighted by Gasteiger charge is 2.17. The Morgan fingerprint density at radius 3 is 1.98 bits per heavy atom. The molecule has 0 aliphatic carbocycles. The first-order valence-corrected chi connectivity index (χ1v) is 14.0. The predicted molar refractivity (Wildman–Crippen MR) is 167 cm³/mol. The number of amides is 3. The van der Waals surface area contributed by atoms with Crippen LogP contribution in [0.5, 0.6) is 5.75 Å². The molecule has 0 bridgehead atoms. The van der Waals surface area contributed by atoms with Crippen LogP contribution in [-0.2, 0) is 9.59 Å². The summed E-state index contributed by atoms with van der Waals surface area (Å²) in [7, 11) is 1.56. The van der Waals surface area contributed by atoms with Crippen LogP contribution in [0.15, 0.2) is 114 Å². The summed E-state index contributed by atoms with van der Waals surface area (Å²) in [4.78, 5) is 50.6. The highest BCUT2D eigenvalue weighted by molar-refractivity contribution is 8.00. The van der Waals surface area contributed by atoms with E-state index in [9.17, 15) is 19.2 Å². The van der Waals surface area contributed by atoms with Crippen molar-refractivity contribution in [2.75, 3.05) is 17.7 Å². The summed E-state index contributed by atoms with van der Waals surface area (Å²) in [5.74, 6) is -1.55. The van der Waals surface area contributed by atoms with E-state index in [1.54, 1.807) is 99.0 Å². The van der Waals surface area contributed by atoms with E-state index in [4.69, 9.17) is 9.84 Å². The SMILES string of the molecule is COc1ccc(/C=C(\NC(=O)c2ccccc2)C(=O)Nc2ccc(SC(C)C(=O)Nc3ccc(C(=O)O)cc3)cc2)cc1. The molecule has 1 atom stereocenters. The number of carbonyl (C=O) groups excluding carboxylic acids is 3. The number of thioether (sulfide) groups is 1. The number of carbonyl (C=O) groups is 4. The molecule has 4 rings (SSSR count). The molecule has 0 radical (unpaired) electrons. The van der Waals surface area contributed by atoms with Crippen molar-refractivity contribution in [1.29, 1.82) is 0 Å². The van der Waals surface area contributed by atoms with Gasteiger partial charge in [-0.3, -0.25) is 14.4 Å². The molecule has 0 aliphatic heterocycles. The number of benzene rings is 4. The molecular formula is C33H29N3O6S. The Labute approximate surface area is 253 Å². The van der Waals surface area contributed by atoms with Crippen LogP contribution in [0, 0.1) is 0 Å². The van der Waals surface area contributed by atoms with Gasteiger partial charge in [-0.15, -0.1) is 11.8 Å². The normalized spacial score (nSPS) is 11.6. The van der Waals surface area contributed by atoms with E-state index in [1.807, 2.05) is 0 Å². The van der Waals surface area contributed by atoms with Crippen molar-refractivity contribution in [2.45, 2.75) is 17.1 Å². The molecule has 0 aliphatic rings. The average Bonchev–Trinajstić information content (AvgIpc) is 3.02. The van der Waals surface area contributed by atoms with Gasteiger partial charge in [-0.25, -0.2) is 4.79 Å². The molecule has 0 heterocycles. The van der Waals surface area contributed by atoms with Crippen LogP contribution in [0.2, 0.25) is 0 Å². The zero-order valence-electron chi connectivity index (χ0n) is 23.4. The van der Waals surface area contributed by atoms with Crippen molar-refractivity contribution >= 4 is 52.9 Å². The number of carboxylic acids is 1. The first-order valence-electron chi connectivity index (χ1n) is 13.2. The predicted octanol–water partition coefficient (Wildman–Crippen LogP) is 5.92. The summed E-state index contributed by atoms with van der Waals surface area (Å²) >= 11 is 1.33. The molecule has 0 saturated heterocycles. The maximum atomic E-state index is 13.3. The van der Waals surface area contributed by atoms with Gasteiger partial charge < -0.3 is 25.8 Å². The number of methoxy groups -OCH3 is 1. The summed E-state index contributed by atoms with van der Waals surface area (Å²) in [6.07, 6.45) is 1.58. The van der Waals surface area contributed by atoms with E-state index in [2.05, 4.69) is 16.0 Å². The molecule has 4 aromatic carbocycles. The fourth-order valence-electron chi connectivity index (χ4n) is 3.82. The zero-order valence-corrected chi connectivity index (χ0v) is 24.2. The molecule has 9 nitrogen and oxygen atoms in total. The molecule has 1 unspecified atom stereocenters. The fraction of sp³-hybridized carbons (Fsp3) is 0.0909. The number of carboxylic acid groups (broad SMARTS) is 1. The Kier molecular flexibility index (Phi) is 10.3. The second-order valence-corrected chi connectivity index (χ2v) is 10.7. The van der Waals surface area contributed by atoms with Gasteiger partial charge in [-0.1, -0.05) is 30.3 Å². The maximum Gasteiger partial charge on any atom is 0.335 e. The number of anilines is 2. The highest BCUT2D eigenvalue weighted by atomic mass is 32.2. The van der Waals surface area contributed by atoms with Gasteiger partial charge in [0, 0.05) is 21.8 Å². The van der Waals surface area contributed by atoms with Crippen molar-refractivity contribution in [2.24, 2.45) is 0 Å². The number of ether oxygens (including phenoxy) is 1. The Bertz CT molecular complexity index is 1620. The lowest BCUT2D eigenvalue weighted by molar-refractivity contribution is -0.115. The van der Waals surface area contributed by atoms with Gasteiger partial charge in [0.05, 0.1) is 17.9 Å². The molecule has 43 heavy (non-hydrogen) atoms. The van der Waals surface area contributed by atoms with Gasteiger partial charge in [-0.2, -0.15) is 0 Å². The van der Waals surface area contributed by atoms with Crippen molar-refractivity contribution in [1.82, 2.24) is 5.32 Å². The summed E-state index contributed by atoms with van der Waals surface area (Å²) < 4.78 is 5.20. The zero-order chi connectivity index (χ0) is 30.8. The molecule has 4 aromatic rings. The van der Waals surface area contributed by atoms with Gasteiger partial charge in [0.25, 0.3) is 11.8 Å². The van der Waals surface area contributed by atoms with E-state index in [-0.39, 0.29) is 17.2 Å². The topological polar surface area (TPSA) is 134 Å². The monoisotopic (exact) mass is 595 g/mol. The molecule has 4 N–H and O–H groups in total. The van der Waals surface area contributed by atoms with Gasteiger partial charge in [0.2, 0.25) is 5.91 Å². The van der Waals surface area contributed by atoms with Crippen LogP contribution in [0.4, 0.5) is 11.4 Å². The fourth-order valence-corrected chi connectivity index (χ4v) is 4.69. The smallest absolute Gasteiger partial charge is 0.335 e. The van der Waals surface area contributed by atoms with E-state index < -0.39 is 23.0 Å². The van der Waals surface area contributed by atoms with Crippen LogP contribution < -0.4 is 20.7 Å². The highest BCUT2D eigenvalue weighted by Crippen LogP contribution is 2.26.